The number of fused-ring (bicyclic) bond motifs is 1. The molecule has 0 amide bonds. The van der Waals surface area contributed by atoms with E-state index in [2.05, 4.69) is 27.7 Å². The number of rotatable bonds is 5. The Morgan fingerprint density at radius 1 is 1.05 bits per heavy atom. The zero-order valence-electron chi connectivity index (χ0n) is 14.8. The summed E-state index contributed by atoms with van der Waals surface area (Å²) in [6.45, 7) is 10.9. The minimum Gasteiger partial charge on any atom is -0.378 e. The zero-order chi connectivity index (χ0) is 15.1. The van der Waals surface area contributed by atoms with Gasteiger partial charge in [-0.05, 0) is 61.7 Å². The highest BCUT2D eigenvalue weighted by Gasteiger charge is 2.63. The second-order valence-electron chi connectivity index (χ2n) is 9.42. The molecule has 1 spiro atoms. The van der Waals surface area contributed by atoms with E-state index < -0.39 is 0 Å². The topological polar surface area (TPSA) is 9.23 Å². The molecule has 1 nitrogen and oxygen atoms in total. The lowest BCUT2D eigenvalue weighted by molar-refractivity contribution is -0.115. The van der Waals surface area contributed by atoms with Gasteiger partial charge in [0.05, 0.1) is 6.10 Å². The first kappa shape index (κ1) is 15.8. The molecule has 4 unspecified atom stereocenters. The van der Waals surface area contributed by atoms with Gasteiger partial charge in [-0.1, -0.05) is 47.0 Å². The molecule has 4 atom stereocenters. The lowest BCUT2D eigenvalue weighted by Crippen LogP contribution is -2.49. The quantitative estimate of drug-likeness (QED) is 0.567. The molecule has 3 fully saturated rings. The van der Waals surface area contributed by atoms with Crippen molar-refractivity contribution >= 4 is 0 Å². The molecular formula is C20H36O. The Kier molecular flexibility index (Phi) is 4.19. The van der Waals surface area contributed by atoms with Gasteiger partial charge in [0.1, 0.15) is 0 Å². The molecule has 3 saturated carbocycles. The summed E-state index contributed by atoms with van der Waals surface area (Å²) in [5, 5.41) is 0. The summed E-state index contributed by atoms with van der Waals surface area (Å²) in [7, 11) is 0. The SMILES string of the molecule is CCCCCOC1CC(C)(C)C2CCC3(C)CCCC12C3. The highest BCUT2D eigenvalue weighted by molar-refractivity contribution is 5.12. The predicted molar refractivity (Wildman–Crippen MR) is 89.4 cm³/mol. The van der Waals surface area contributed by atoms with E-state index in [1.165, 1.54) is 64.2 Å². The Morgan fingerprint density at radius 3 is 2.62 bits per heavy atom. The molecule has 0 N–H and O–H groups in total. The fourth-order valence-electron chi connectivity index (χ4n) is 6.40. The average molecular weight is 293 g/mol. The number of hydrogen-bond donors (Lipinski definition) is 0. The van der Waals surface area contributed by atoms with Gasteiger partial charge >= 0.3 is 0 Å². The maximum absolute atomic E-state index is 6.53. The molecule has 3 aliphatic carbocycles. The van der Waals surface area contributed by atoms with Crippen molar-refractivity contribution in [2.45, 2.75) is 98.0 Å². The van der Waals surface area contributed by atoms with Crippen LogP contribution < -0.4 is 0 Å². The van der Waals surface area contributed by atoms with Gasteiger partial charge in [0.15, 0.2) is 0 Å². The van der Waals surface area contributed by atoms with Crippen molar-refractivity contribution in [3.05, 3.63) is 0 Å². The van der Waals surface area contributed by atoms with Gasteiger partial charge in [0, 0.05) is 12.0 Å². The number of hydrogen-bond acceptors (Lipinski definition) is 1. The molecule has 0 aliphatic heterocycles. The van der Waals surface area contributed by atoms with Gasteiger partial charge in [-0.2, -0.15) is 0 Å². The lowest BCUT2D eigenvalue weighted by Gasteiger charge is -2.56. The third kappa shape index (κ3) is 2.69. The van der Waals surface area contributed by atoms with Gasteiger partial charge in [0.2, 0.25) is 0 Å². The summed E-state index contributed by atoms with van der Waals surface area (Å²) in [5.74, 6) is 0.912. The largest absolute Gasteiger partial charge is 0.378 e. The Bertz CT molecular complexity index is 374. The van der Waals surface area contributed by atoms with Crippen LogP contribution in [0.15, 0.2) is 0 Å². The van der Waals surface area contributed by atoms with Gasteiger partial charge < -0.3 is 4.74 Å². The van der Waals surface area contributed by atoms with E-state index in [0.29, 0.717) is 22.3 Å². The molecule has 3 aliphatic rings. The minimum absolute atomic E-state index is 0.494. The van der Waals surface area contributed by atoms with Crippen molar-refractivity contribution in [3.63, 3.8) is 0 Å². The summed E-state index contributed by atoms with van der Waals surface area (Å²) in [5.41, 5.74) is 1.65. The third-order valence-electron chi connectivity index (χ3n) is 7.27. The number of unbranched alkanes of at least 4 members (excludes halogenated alkanes) is 2. The Balaban J connectivity index is 1.77. The molecular weight excluding hydrogens is 256 g/mol. The van der Waals surface area contributed by atoms with Crippen LogP contribution in [0.3, 0.4) is 0 Å². The van der Waals surface area contributed by atoms with Crippen LogP contribution in [0.1, 0.15) is 91.9 Å². The van der Waals surface area contributed by atoms with Crippen LogP contribution in [0.2, 0.25) is 0 Å². The molecule has 21 heavy (non-hydrogen) atoms. The first-order chi connectivity index (χ1) is 9.92. The van der Waals surface area contributed by atoms with Gasteiger partial charge in [-0.15, -0.1) is 0 Å². The summed E-state index contributed by atoms with van der Waals surface area (Å²) >= 11 is 0. The molecule has 0 saturated heterocycles. The average Bonchev–Trinajstić information content (AvgIpc) is 2.60. The predicted octanol–water partition coefficient (Wildman–Crippen LogP) is 5.97. The van der Waals surface area contributed by atoms with Gasteiger partial charge in [-0.25, -0.2) is 0 Å². The second kappa shape index (κ2) is 5.55. The highest BCUT2D eigenvalue weighted by Crippen LogP contribution is 2.69. The Labute approximate surface area is 132 Å². The van der Waals surface area contributed by atoms with Crippen LogP contribution in [-0.4, -0.2) is 12.7 Å². The molecule has 0 heterocycles. The van der Waals surface area contributed by atoms with E-state index in [1.807, 2.05) is 0 Å². The molecule has 0 aromatic rings. The summed E-state index contributed by atoms with van der Waals surface area (Å²) < 4.78 is 6.53. The lowest BCUT2D eigenvalue weighted by atomic mass is 9.50. The normalized spacial score (nSPS) is 44.6. The van der Waals surface area contributed by atoms with E-state index in [4.69, 9.17) is 4.74 Å². The van der Waals surface area contributed by atoms with E-state index in [-0.39, 0.29) is 0 Å². The summed E-state index contributed by atoms with van der Waals surface area (Å²) in [6.07, 6.45) is 14.4. The minimum atomic E-state index is 0.494. The summed E-state index contributed by atoms with van der Waals surface area (Å²) in [6, 6.07) is 0. The second-order valence-corrected chi connectivity index (χ2v) is 9.42. The monoisotopic (exact) mass is 292 g/mol. The van der Waals surface area contributed by atoms with Crippen LogP contribution in [0.5, 0.6) is 0 Å². The molecule has 0 aromatic heterocycles. The van der Waals surface area contributed by atoms with E-state index in [0.717, 1.165) is 12.5 Å². The van der Waals surface area contributed by atoms with Crippen LogP contribution in [0.25, 0.3) is 0 Å². The maximum Gasteiger partial charge on any atom is 0.0639 e. The van der Waals surface area contributed by atoms with Gasteiger partial charge in [-0.3, -0.25) is 0 Å². The van der Waals surface area contributed by atoms with Crippen molar-refractivity contribution in [2.75, 3.05) is 6.61 Å². The van der Waals surface area contributed by atoms with Crippen molar-refractivity contribution in [3.8, 4) is 0 Å². The summed E-state index contributed by atoms with van der Waals surface area (Å²) in [4.78, 5) is 0. The van der Waals surface area contributed by atoms with Crippen molar-refractivity contribution in [2.24, 2.45) is 22.2 Å². The smallest absolute Gasteiger partial charge is 0.0639 e. The van der Waals surface area contributed by atoms with Crippen LogP contribution in [0, 0.1) is 22.2 Å². The van der Waals surface area contributed by atoms with E-state index in [9.17, 15) is 0 Å². The third-order valence-corrected chi connectivity index (χ3v) is 7.27. The maximum atomic E-state index is 6.53. The van der Waals surface area contributed by atoms with Crippen molar-refractivity contribution in [1.82, 2.24) is 0 Å². The van der Waals surface area contributed by atoms with E-state index in [1.54, 1.807) is 0 Å². The number of ether oxygens (including phenoxy) is 1. The van der Waals surface area contributed by atoms with E-state index >= 15 is 0 Å². The highest BCUT2D eigenvalue weighted by atomic mass is 16.5. The molecule has 0 radical (unpaired) electrons. The fraction of sp³-hybridized carbons (Fsp3) is 1.00. The Hall–Kier alpha value is -0.0400. The fourth-order valence-corrected chi connectivity index (χ4v) is 6.40. The van der Waals surface area contributed by atoms with Gasteiger partial charge in [0.25, 0.3) is 0 Å². The molecule has 3 rings (SSSR count). The van der Waals surface area contributed by atoms with Crippen LogP contribution >= 0.6 is 0 Å². The molecule has 1 heteroatoms. The molecule has 2 bridgehead atoms. The standard InChI is InChI=1S/C20H36O/c1-5-6-7-13-21-17-14-18(2,3)16-9-12-19(4)10-8-11-20(16,17)15-19/h16-17H,5-15H2,1-4H3. The Morgan fingerprint density at radius 2 is 1.86 bits per heavy atom. The van der Waals surface area contributed by atoms with Crippen LogP contribution in [0.4, 0.5) is 0 Å². The zero-order valence-corrected chi connectivity index (χ0v) is 14.8. The van der Waals surface area contributed by atoms with Crippen LogP contribution in [-0.2, 0) is 4.74 Å². The van der Waals surface area contributed by atoms with Crippen molar-refractivity contribution < 1.29 is 4.74 Å². The molecule has 122 valence electrons. The van der Waals surface area contributed by atoms with Crippen molar-refractivity contribution in [1.29, 1.82) is 0 Å². The molecule has 0 aromatic carbocycles. The first-order valence-electron chi connectivity index (χ1n) is 9.54. The first-order valence-corrected chi connectivity index (χ1v) is 9.54.